The third-order valence-corrected chi connectivity index (χ3v) is 6.74. The highest BCUT2D eigenvalue weighted by Crippen LogP contribution is 2.71. The van der Waals surface area contributed by atoms with Gasteiger partial charge >= 0.3 is 5.97 Å². The summed E-state index contributed by atoms with van der Waals surface area (Å²) in [6, 6.07) is 0. The molecule has 2 nitrogen and oxygen atoms in total. The molecule has 4 saturated carbocycles. The molecule has 8 atom stereocenters. The van der Waals surface area contributed by atoms with Crippen LogP contribution >= 0.6 is 0 Å². The first kappa shape index (κ1) is 8.54. The normalized spacial score (nSPS) is 64.9. The van der Waals surface area contributed by atoms with Gasteiger partial charge in [0.05, 0.1) is 12.5 Å². The van der Waals surface area contributed by atoms with Gasteiger partial charge in [0.15, 0.2) is 0 Å². The third kappa shape index (κ3) is 0.733. The van der Waals surface area contributed by atoms with Gasteiger partial charge in [0.25, 0.3) is 0 Å². The summed E-state index contributed by atoms with van der Waals surface area (Å²) in [7, 11) is 0. The highest BCUT2D eigenvalue weighted by molar-refractivity contribution is 5.76. The molecule has 0 radical (unpaired) electrons. The fourth-order valence-corrected chi connectivity index (χ4v) is 6.56. The molecule has 4 bridgehead atoms. The van der Waals surface area contributed by atoms with Gasteiger partial charge in [-0.3, -0.25) is 4.79 Å². The highest BCUT2D eigenvalue weighted by Gasteiger charge is 2.68. The van der Waals surface area contributed by atoms with Crippen molar-refractivity contribution < 1.29 is 9.53 Å². The van der Waals surface area contributed by atoms with Crippen molar-refractivity contribution in [3.63, 3.8) is 0 Å². The first-order valence-corrected chi connectivity index (χ1v) is 7.01. The van der Waals surface area contributed by atoms with E-state index in [-0.39, 0.29) is 5.97 Å². The second-order valence-corrected chi connectivity index (χ2v) is 6.87. The molecule has 2 heteroatoms. The summed E-state index contributed by atoms with van der Waals surface area (Å²) in [6.45, 7) is 0.755. The fourth-order valence-electron chi connectivity index (χ4n) is 6.56. The van der Waals surface area contributed by atoms with Crippen LogP contribution in [-0.4, -0.2) is 12.6 Å². The minimum Gasteiger partial charge on any atom is -0.465 e. The Balaban J connectivity index is 1.60. The van der Waals surface area contributed by atoms with Gasteiger partial charge in [0, 0.05) is 5.92 Å². The second-order valence-electron chi connectivity index (χ2n) is 6.87. The molecule has 5 rings (SSSR count). The van der Waals surface area contributed by atoms with E-state index >= 15 is 0 Å². The lowest BCUT2D eigenvalue weighted by Crippen LogP contribution is -2.38. The molecule has 0 aromatic heterocycles. The van der Waals surface area contributed by atoms with Crippen LogP contribution < -0.4 is 0 Å². The molecule has 7 unspecified atom stereocenters. The first-order chi connectivity index (χ1) is 7.84. The number of fused-ring (bicyclic) bond motifs is 12. The SMILES string of the molecule is O=C1OCC2C1C1CC2[C@H]2C3CCC(C3)C12. The zero-order chi connectivity index (χ0) is 10.4. The van der Waals surface area contributed by atoms with E-state index in [9.17, 15) is 4.79 Å². The van der Waals surface area contributed by atoms with Gasteiger partial charge in [0.2, 0.25) is 0 Å². The van der Waals surface area contributed by atoms with E-state index in [4.69, 9.17) is 4.74 Å². The van der Waals surface area contributed by atoms with Crippen molar-refractivity contribution in [3.05, 3.63) is 0 Å². The molecule has 0 aromatic rings. The van der Waals surface area contributed by atoms with Crippen LogP contribution in [0, 0.1) is 47.3 Å². The molecule has 1 aliphatic heterocycles. The van der Waals surface area contributed by atoms with Crippen LogP contribution in [0.1, 0.15) is 25.7 Å². The van der Waals surface area contributed by atoms with Gasteiger partial charge in [-0.15, -0.1) is 0 Å². The second kappa shape index (κ2) is 2.49. The number of esters is 1. The minimum atomic E-state index is 0.152. The zero-order valence-corrected chi connectivity index (χ0v) is 9.47. The lowest BCUT2D eigenvalue weighted by atomic mass is 9.64. The zero-order valence-electron chi connectivity index (χ0n) is 9.47. The van der Waals surface area contributed by atoms with E-state index in [1.807, 2.05) is 0 Å². The average Bonchev–Trinajstić information content (AvgIpc) is 2.99. The molecule has 1 saturated heterocycles. The summed E-state index contributed by atoms with van der Waals surface area (Å²) in [5, 5.41) is 0. The molecule has 86 valence electrons. The van der Waals surface area contributed by atoms with Gasteiger partial charge in [0.1, 0.15) is 0 Å². The Morgan fingerprint density at radius 2 is 1.69 bits per heavy atom. The number of cyclic esters (lactones) is 1. The standard InChI is InChI=1S/C14H18O2/c15-14-13-9-4-8(10(13)5-16-14)11-6-1-2-7(3-6)12(9)11/h6-13H,1-5H2/t6?,7?,8?,9?,10?,11-,12?,13?/m1/s1. The molecule has 0 N–H and O–H groups in total. The van der Waals surface area contributed by atoms with Crippen molar-refractivity contribution in [2.24, 2.45) is 47.3 Å². The molecule has 16 heavy (non-hydrogen) atoms. The van der Waals surface area contributed by atoms with Gasteiger partial charge in [-0.2, -0.15) is 0 Å². The van der Waals surface area contributed by atoms with E-state index in [1.165, 1.54) is 25.7 Å². The largest absolute Gasteiger partial charge is 0.465 e. The lowest BCUT2D eigenvalue weighted by molar-refractivity contribution is -0.143. The molecule has 0 amide bonds. The van der Waals surface area contributed by atoms with E-state index in [2.05, 4.69) is 0 Å². The summed E-state index contributed by atoms with van der Waals surface area (Å²) in [5.74, 6) is 6.63. The maximum absolute atomic E-state index is 11.8. The molecule has 5 fully saturated rings. The lowest BCUT2D eigenvalue weighted by Gasteiger charge is -2.38. The predicted octanol–water partition coefficient (Wildman–Crippen LogP) is 2.09. The van der Waals surface area contributed by atoms with Crippen LogP contribution in [0.25, 0.3) is 0 Å². The van der Waals surface area contributed by atoms with Crippen LogP contribution in [-0.2, 0) is 9.53 Å². The maximum Gasteiger partial charge on any atom is 0.309 e. The molecule has 1 heterocycles. The summed E-state index contributed by atoms with van der Waals surface area (Å²) in [4.78, 5) is 11.8. The Hall–Kier alpha value is -0.530. The van der Waals surface area contributed by atoms with Crippen LogP contribution in [0.2, 0.25) is 0 Å². The van der Waals surface area contributed by atoms with Crippen molar-refractivity contribution in [1.82, 2.24) is 0 Å². The number of rotatable bonds is 0. The molecule has 0 spiro atoms. The Morgan fingerprint density at radius 3 is 2.50 bits per heavy atom. The predicted molar refractivity (Wildman–Crippen MR) is 57.3 cm³/mol. The van der Waals surface area contributed by atoms with E-state index < -0.39 is 0 Å². The monoisotopic (exact) mass is 218 g/mol. The summed E-state index contributed by atoms with van der Waals surface area (Å²) in [5.41, 5.74) is 0. The summed E-state index contributed by atoms with van der Waals surface area (Å²) >= 11 is 0. The maximum atomic E-state index is 11.8. The molecule has 0 aromatic carbocycles. The third-order valence-electron chi connectivity index (χ3n) is 6.74. The summed E-state index contributed by atoms with van der Waals surface area (Å²) in [6.07, 6.45) is 5.81. The van der Waals surface area contributed by atoms with Crippen LogP contribution in [0.15, 0.2) is 0 Å². The van der Waals surface area contributed by atoms with Gasteiger partial charge < -0.3 is 4.74 Å². The van der Waals surface area contributed by atoms with E-state index in [1.54, 1.807) is 0 Å². The molecular weight excluding hydrogens is 200 g/mol. The summed E-state index contributed by atoms with van der Waals surface area (Å²) < 4.78 is 5.32. The van der Waals surface area contributed by atoms with Gasteiger partial charge in [-0.25, -0.2) is 0 Å². The number of ether oxygens (including phenoxy) is 1. The smallest absolute Gasteiger partial charge is 0.309 e. The average molecular weight is 218 g/mol. The topological polar surface area (TPSA) is 26.3 Å². The molecular formula is C14H18O2. The Labute approximate surface area is 95.7 Å². The minimum absolute atomic E-state index is 0.152. The Morgan fingerprint density at radius 1 is 0.938 bits per heavy atom. The highest BCUT2D eigenvalue weighted by atomic mass is 16.5. The van der Waals surface area contributed by atoms with E-state index in [0.29, 0.717) is 11.8 Å². The Bertz CT molecular complexity index is 377. The number of carbonyl (C=O) groups is 1. The number of hydrogen-bond acceptors (Lipinski definition) is 2. The molecule has 5 aliphatic rings. The van der Waals surface area contributed by atoms with Crippen molar-refractivity contribution >= 4 is 5.97 Å². The Kier molecular flexibility index (Phi) is 1.33. The van der Waals surface area contributed by atoms with Crippen LogP contribution in [0.5, 0.6) is 0 Å². The van der Waals surface area contributed by atoms with Crippen molar-refractivity contribution in [2.75, 3.05) is 6.61 Å². The molecule has 4 aliphatic carbocycles. The quantitative estimate of drug-likeness (QED) is 0.459. The van der Waals surface area contributed by atoms with Crippen molar-refractivity contribution in [3.8, 4) is 0 Å². The number of carbonyl (C=O) groups excluding carboxylic acids is 1. The van der Waals surface area contributed by atoms with Crippen molar-refractivity contribution in [2.45, 2.75) is 25.7 Å². The number of hydrogen-bond donors (Lipinski definition) is 0. The fraction of sp³-hybridized carbons (Fsp3) is 0.929. The van der Waals surface area contributed by atoms with Gasteiger partial charge in [-0.05, 0) is 61.2 Å². The van der Waals surface area contributed by atoms with Crippen LogP contribution in [0.4, 0.5) is 0 Å². The van der Waals surface area contributed by atoms with E-state index in [0.717, 1.165) is 42.1 Å². The van der Waals surface area contributed by atoms with Gasteiger partial charge in [-0.1, -0.05) is 0 Å². The van der Waals surface area contributed by atoms with Crippen LogP contribution in [0.3, 0.4) is 0 Å². The first-order valence-electron chi connectivity index (χ1n) is 7.01. The van der Waals surface area contributed by atoms with Crippen molar-refractivity contribution in [1.29, 1.82) is 0 Å².